The van der Waals surface area contributed by atoms with Crippen molar-refractivity contribution < 1.29 is 9.53 Å². The molecular formula is C14H26O2. The summed E-state index contributed by atoms with van der Waals surface area (Å²) in [5.74, 6) is 1.45. The van der Waals surface area contributed by atoms with Crippen LogP contribution in [0, 0.1) is 11.8 Å². The number of ketones is 1. The highest BCUT2D eigenvalue weighted by Crippen LogP contribution is 2.30. The molecule has 0 aromatic rings. The minimum atomic E-state index is -0.131. The van der Waals surface area contributed by atoms with Crippen molar-refractivity contribution in [2.45, 2.75) is 65.4 Å². The van der Waals surface area contributed by atoms with Crippen molar-refractivity contribution in [2.24, 2.45) is 11.8 Å². The lowest BCUT2D eigenvalue weighted by molar-refractivity contribution is -0.136. The first-order chi connectivity index (χ1) is 7.69. The Balaban J connectivity index is 2.46. The molecule has 0 bridgehead atoms. The lowest BCUT2D eigenvalue weighted by Crippen LogP contribution is -2.32. The van der Waals surface area contributed by atoms with Gasteiger partial charge in [0, 0.05) is 12.5 Å². The van der Waals surface area contributed by atoms with E-state index in [1.165, 1.54) is 12.8 Å². The average Bonchev–Trinajstić information content (AvgIpc) is 2.29. The van der Waals surface area contributed by atoms with Crippen LogP contribution in [-0.4, -0.2) is 18.5 Å². The summed E-state index contributed by atoms with van der Waals surface area (Å²) < 4.78 is 5.57. The lowest BCUT2D eigenvalue weighted by Gasteiger charge is -2.28. The Morgan fingerprint density at radius 2 is 1.88 bits per heavy atom. The molecule has 2 heteroatoms. The van der Waals surface area contributed by atoms with Gasteiger partial charge in [-0.3, -0.25) is 4.79 Å². The van der Waals surface area contributed by atoms with Crippen molar-refractivity contribution in [3.05, 3.63) is 0 Å². The third kappa shape index (κ3) is 3.89. The van der Waals surface area contributed by atoms with Gasteiger partial charge in [0.2, 0.25) is 0 Å². The number of ether oxygens (including phenoxy) is 1. The summed E-state index contributed by atoms with van der Waals surface area (Å²) in [5.41, 5.74) is 0. The molecule has 1 fully saturated rings. The highest BCUT2D eigenvalue weighted by molar-refractivity contribution is 5.85. The molecule has 1 atom stereocenters. The maximum atomic E-state index is 12.3. The quantitative estimate of drug-likeness (QED) is 0.692. The van der Waals surface area contributed by atoms with E-state index in [2.05, 4.69) is 13.8 Å². The molecule has 0 aromatic carbocycles. The third-order valence-electron chi connectivity index (χ3n) is 3.65. The smallest absolute Gasteiger partial charge is 0.164 e. The number of carbonyl (C=O) groups excluding carboxylic acids is 1. The van der Waals surface area contributed by atoms with E-state index in [4.69, 9.17) is 4.74 Å². The van der Waals surface area contributed by atoms with E-state index in [-0.39, 0.29) is 12.0 Å². The third-order valence-corrected chi connectivity index (χ3v) is 3.65. The van der Waals surface area contributed by atoms with Gasteiger partial charge in [-0.1, -0.05) is 33.1 Å². The molecule has 0 radical (unpaired) electrons. The van der Waals surface area contributed by atoms with E-state index in [1.807, 2.05) is 6.92 Å². The molecule has 0 N–H and O–H groups in total. The zero-order valence-corrected chi connectivity index (χ0v) is 11.0. The van der Waals surface area contributed by atoms with Crippen LogP contribution >= 0.6 is 0 Å². The maximum Gasteiger partial charge on any atom is 0.164 e. The van der Waals surface area contributed by atoms with Crippen LogP contribution in [0.3, 0.4) is 0 Å². The van der Waals surface area contributed by atoms with Crippen molar-refractivity contribution >= 4 is 5.78 Å². The molecule has 2 nitrogen and oxygen atoms in total. The molecule has 0 aliphatic heterocycles. The van der Waals surface area contributed by atoms with Crippen LogP contribution < -0.4 is 0 Å². The number of rotatable bonds is 6. The summed E-state index contributed by atoms with van der Waals surface area (Å²) in [6, 6.07) is 0. The largest absolute Gasteiger partial charge is 0.371 e. The predicted molar refractivity (Wildman–Crippen MR) is 66.5 cm³/mol. The Morgan fingerprint density at radius 3 is 2.38 bits per heavy atom. The number of carbonyl (C=O) groups is 1. The van der Waals surface area contributed by atoms with Crippen LogP contribution in [-0.2, 0) is 9.53 Å². The van der Waals surface area contributed by atoms with Gasteiger partial charge < -0.3 is 4.74 Å². The maximum absolute atomic E-state index is 12.3. The van der Waals surface area contributed by atoms with Gasteiger partial charge in [-0.15, -0.1) is 0 Å². The fourth-order valence-electron chi connectivity index (χ4n) is 2.58. The summed E-state index contributed by atoms with van der Waals surface area (Å²) in [7, 11) is 0. The van der Waals surface area contributed by atoms with Crippen LogP contribution in [0.4, 0.5) is 0 Å². The summed E-state index contributed by atoms with van der Waals surface area (Å²) in [4.78, 5) is 12.3. The molecule has 1 rings (SSSR count). The molecule has 0 heterocycles. The van der Waals surface area contributed by atoms with Gasteiger partial charge in [-0.25, -0.2) is 0 Å². The van der Waals surface area contributed by atoms with Crippen molar-refractivity contribution in [3.8, 4) is 0 Å². The minimum absolute atomic E-state index is 0.131. The molecule has 0 amide bonds. The van der Waals surface area contributed by atoms with E-state index in [1.54, 1.807) is 0 Å². The Morgan fingerprint density at radius 1 is 1.25 bits per heavy atom. The van der Waals surface area contributed by atoms with Crippen molar-refractivity contribution in [3.63, 3.8) is 0 Å². The van der Waals surface area contributed by atoms with Crippen LogP contribution in [0.25, 0.3) is 0 Å². The Hall–Kier alpha value is -0.370. The number of hydrogen-bond donors (Lipinski definition) is 0. The number of Topliss-reactive ketones (excluding diaryl/α,β-unsaturated/α-hetero) is 1. The summed E-state index contributed by atoms with van der Waals surface area (Å²) in [6.45, 7) is 7.02. The Bertz CT molecular complexity index is 199. The zero-order chi connectivity index (χ0) is 12.0. The second-order valence-electron chi connectivity index (χ2n) is 5.09. The lowest BCUT2D eigenvalue weighted by atomic mass is 9.79. The molecule has 0 aromatic heterocycles. The van der Waals surface area contributed by atoms with Gasteiger partial charge in [0.1, 0.15) is 6.10 Å². The Kier molecular flexibility index (Phi) is 6.04. The van der Waals surface area contributed by atoms with Gasteiger partial charge in [0.15, 0.2) is 5.78 Å². The molecule has 0 saturated heterocycles. The Labute approximate surface area is 99.8 Å². The SMILES string of the molecule is CCCC(OCC)C(=O)C1CCC(C)CC1. The summed E-state index contributed by atoms with van der Waals surface area (Å²) in [6.07, 6.45) is 6.36. The topological polar surface area (TPSA) is 26.3 Å². The highest BCUT2D eigenvalue weighted by atomic mass is 16.5. The first-order valence-corrected chi connectivity index (χ1v) is 6.84. The fourth-order valence-corrected chi connectivity index (χ4v) is 2.58. The summed E-state index contributed by atoms with van der Waals surface area (Å²) in [5, 5.41) is 0. The monoisotopic (exact) mass is 226 g/mol. The standard InChI is InChI=1S/C14H26O2/c1-4-6-13(16-5-2)14(15)12-9-7-11(3)8-10-12/h11-13H,4-10H2,1-3H3. The normalized spacial score (nSPS) is 27.7. The van der Waals surface area contributed by atoms with E-state index in [9.17, 15) is 4.79 Å². The molecule has 1 unspecified atom stereocenters. The van der Waals surface area contributed by atoms with Crippen molar-refractivity contribution in [1.82, 2.24) is 0 Å². The first-order valence-electron chi connectivity index (χ1n) is 6.84. The molecular weight excluding hydrogens is 200 g/mol. The molecule has 1 aliphatic rings. The van der Waals surface area contributed by atoms with E-state index in [0.717, 1.165) is 31.6 Å². The number of hydrogen-bond acceptors (Lipinski definition) is 2. The highest BCUT2D eigenvalue weighted by Gasteiger charge is 2.29. The van der Waals surface area contributed by atoms with Crippen molar-refractivity contribution in [1.29, 1.82) is 0 Å². The molecule has 94 valence electrons. The average molecular weight is 226 g/mol. The molecule has 0 spiro atoms. The molecule has 1 aliphatic carbocycles. The van der Waals surface area contributed by atoms with Gasteiger partial charge in [0.05, 0.1) is 0 Å². The minimum Gasteiger partial charge on any atom is -0.371 e. The van der Waals surface area contributed by atoms with E-state index < -0.39 is 0 Å². The van der Waals surface area contributed by atoms with E-state index >= 15 is 0 Å². The fraction of sp³-hybridized carbons (Fsp3) is 0.929. The molecule has 16 heavy (non-hydrogen) atoms. The molecule has 1 saturated carbocycles. The first kappa shape index (κ1) is 13.7. The van der Waals surface area contributed by atoms with Gasteiger partial charge >= 0.3 is 0 Å². The summed E-state index contributed by atoms with van der Waals surface area (Å²) >= 11 is 0. The van der Waals surface area contributed by atoms with Crippen LogP contribution in [0.15, 0.2) is 0 Å². The van der Waals surface area contributed by atoms with Crippen molar-refractivity contribution in [2.75, 3.05) is 6.61 Å². The van der Waals surface area contributed by atoms with Crippen LogP contribution in [0.1, 0.15) is 59.3 Å². The zero-order valence-electron chi connectivity index (χ0n) is 11.0. The van der Waals surface area contributed by atoms with Gasteiger partial charge in [0.25, 0.3) is 0 Å². The second kappa shape index (κ2) is 7.05. The van der Waals surface area contributed by atoms with Gasteiger partial charge in [-0.2, -0.15) is 0 Å². The van der Waals surface area contributed by atoms with Gasteiger partial charge in [-0.05, 0) is 32.1 Å². The predicted octanol–water partition coefficient (Wildman–Crippen LogP) is 3.59. The van der Waals surface area contributed by atoms with Crippen LogP contribution in [0.2, 0.25) is 0 Å². The van der Waals surface area contributed by atoms with Crippen LogP contribution in [0.5, 0.6) is 0 Å². The van der Waals surface area contributed by atoms with E-state index in [0.29, 0.717) is 12.4 Å². The second-order valence-corrected chi connectivity index (χ2v) is 5.09.